The van der Waals surface area contributed by atoms with Crippen LogP contribution in [-0.2, 0) is 25.2 Å². The highest BCUT2D eigenvalue weighted by atomic mass is 16.5. The lowest BCUT2D eigenvalue weighted by molar-refractivity contribution is -0.141. The van der Waals surface area contributed by atoms with Crippen molar-refractivity contribution in [3.63, 3.8) is 0 Å². The van der Waals surface area contributed by atoms with Crippen LogP contribution < -0.4 is 9.47 Å². The molecule has 0 aliphatic heterocycles. The summed E-state index contributed by atoms with van der Waals surface area (Å²) in [6, 6.07) is 10.1. The summed E-state index contributed by atoms with van der Waals surface area (Å²) in [6.45, 7) is 11.5. The zero-order chi connectivity index (χ0) is 27.2. The van der Waals surface area contributed by atoms with Crippen LogP contribution in [0.3, 0.4) is 0 Å². The summed E-state index contributed by atoms with van der Waals surface area (Å²) in [4.78, 5) is 22.1. The molecule has 0 spiro atoms. The second-order valence-electron chi connectivity index (χ2n) is 11.0. The van der Waals surface area contributed by atoms with E-state index in [4.69, 9.17) is 19.3 Å². The zero-order valence-electron chi connectivity index (χ0n) is 23.0. The SMILES string of the molecule is COc1ccc(/C=C/C(=O)O)cc1-c1cc2c(cc1OCCCCCOC(C)=O)C(C)(C)CCC2(C)C. The van der Waals surface area contributed by atoms with E-state index in [1.807, 2.05) is 18.2 Å². The van der Waals surface area contributed by atoms with Gasteiger partial charge < -0.3 is 19.3 Å². The van der Waals surface area contributed by atoms with Gasteiger partial charge in [-0.3, -0.25) is 4.79 Å². The maximum Gasteiger partial charge on any atom is 0.328 e. The maximum atomic E-state index is 11.1. The largest absolute Gasteiger partial charge is 0.496 e. The lowest BCUT2D eigenvalue weighted by Gasteiger charge is -2.42. The molecule has 0 unspecified atom stereocenters. The van der Waals surface area contributed by atoms with E-state index < -0.39 is 5.97 Å². The Balaban J connectivity index is 2.02. The molecule has 37 heavy (non-hydrogen) atoms. The van der Waals surface area contributed by atoms with Gasteiger partial charge in [0.25, 0.3) is 0 Å². The molecule has 0 atom stereocenters. The Kier molecular flexibility index (Phi) is 9.06. The number of carbonyl (C=O) groups is 2. The molecular weight excluding hydrogens is 468 g/mol. The number of hydrogen-bond donors (Lipinski definition) is 1. The first kappa shape index (κ1) is 28.3. The first-order valence-electron chi connectivity index (χ1n) is 13.0. The van der Waals surface area contributed by atoms with E-state index in [0.29, 0.717) is 19.0 Å². The monoisotopic (exact) mass is 508 g/mol. The number of hydrogen-bond acceptors (Lipinski definition) is 5. The van der Waals surface area contributed by atoms with Crippen molar-refractivity contribution in [3.8, 4) is 22.6 Å². The lowest BCUT2D eigenvalue weighted by Crippen LogP contribution is -2.34. The molecule has 0 heterocycles. The fourth-order valence-electron chi connectivity index (χ4n) is 4.91. The standard InChI is InChI=1S/C31H40O6/c1-21(32)36-16-8-7-9-17-37-28-20-26-25(30(2,3)14-15-31(26,4)5)19-24(28)23-18-22(11-13-29(33)34)10-12-27(23)35-6/h10-13,18-20H,7-9,14-17H2,1-6H3,(H,33,34)/b13-11+. The van der Waals surface area contributed by atoms with Crippen LogP contribution in [-0.4, -0.2) is 37.4 Å². The molecule has 3 rings (SSSR count). The van der Waals surface area contributed by atoms with Gasteiger partial charge in [-0.25, -0.2) is 4.79 Å². The van der Waals surface area contributed by atoms with Crippen molar-refractivity contribution in [1.82, 2.24) is 0 Å². The molecule has 6 heteroatoms. The number of carbonyl (C=O) groups excluding carboxylic acids is 1. The fourth-order valence-corrected chi connectivity index (χ4v) is 4.91. The van der Waals surface area contributed by atoms with Gasteiger partial charge in [0.1, 0.15) is 11.5 Å². The number of carboxylic acid groups (broad SMARTS) is 1. The zero-order valence-corrected chi connectivity index (χ0v) is 23.0. The molecule has 0 saturated carbocycles. The van der Waals surface area contributed by atoms with E-state index >= 15 is 0 Å². The van der Waals surface area contributed by atoms with Crippen molar-refractivity contribution in [2.24, 2.45) is 0 Å². The molecule has 1 aliphatic rings. The van der Waals surface area contributed by atoms with Gasteiger partial charge in [0, 0.05) is 24.1 Å². The highest BCUT2D eigenvalue weighted by Crippen LogP contribution is 2.50. The van der Waals surface area contributed by atoms with Crippen LogP contribution in [0.2, 0.25) is 0 Å². The van der Waals surface area contributed by atoms with Gasteiger partial charge in [-0.05, 0) is 90.0 Å². The topological polar surface area (TPSA) is 82.1 Å². The summed E-state index contributed by atoms with van der Waals surface area (Å²) in [6.07, 6.45) is 7.44. The molecule has 0 fully saturated rings. The van der Waals surface area contributed by atoms with Crippen molar-refractivity contribution in [2.75, 3.05) is 20.3 Å². The number of fused-ring (bicyclic) bond motifs is 1. The summed E-state index contributed by atoms with van der Waals surface area (Å²) in [5.41, 5.74) is 5.23. The van der Waals surface area contributed by atoms with Crippen molar-refractivity contribution < 1.29 is 28.9 Å². The molecule has 1 aliphatic carbocycles. The number of methoxy groups -OCH3 is 1. The van der Waals surface area contributed by atoms with Gasteiger partial charge >= 0.3 is 11.9 Å². The van der Waals surface area contributed by atoms with Crippen LogP contribution in [0.1, 0.15) is 83.4 Å². The number of aliphatic carboxylic acids is 1. The second kappa shape index (κ2) is 11.8. The molecular formula is C31H40O6. The fraction of sp³-hybridized carbons (Fsp3) is 0.484. The third kappa shape index (κ3) is 7.15. The van der Waals surface area contributed by atoms with E-state index in [1.165, 1.54) is 18.1 Å². The lowest BCUT2D eigenvalue weighted by atomic mass is 9.62. The molecule has 0 radical (unpaired) electrons. The predicted molar refractivity (Wildman–Crippen MR) is 146 cm³/mol. The number of carboxylic acids is 1. The van der Waals surface area contributed by atoms with Gasteiger partial charge in [-0.1, -0.05) is 33.8 Å². The highest BCUT2D eigenvalue weighted by Gasteiger charge is 2.38. The van der Waals surface area contributed by atoms with Gasteiger partial charge in [0.2, 0.25) is 0 Å². The molecule has 0 aromatic heterocycles. The van der Waals surface area contributed by atoms with Gasteiger partial charge in [0.05, 0.1) is 20.3 Å². The van der Waals surface area contributed by atoms with Crippen LogP contribution >= 0.6 is 0 Å². The van der Waals surface area contributed by atoms with Crippen molar-refractivity contribution >= 4 is 18.0 Å². The number of esters is 1. The van der Waals surface area contributed by atoms with Crippen LogP contribution in [0.5, 0.6) is 11.5 Å². The van der Waals surface area contributed by atoms with E-state index in [1.54, 1.807) is 13.2 Å². The number of ether oxygens (including phenoxy) is 3. The van der Waals surface area contributed by atoms with E-state index in [9.17, 15) is 9.59 Å². The van der Waals surface area contributed by atoms with E-state index in [0.717, 1.165) is 60.6 Å². The predicted octanol–water partition coefficient (Wildman–Crippen LogP) is 6.92. The number of benzene rings is 2. The van der Waals surface area contributed by atoms with Crippen molar-refractivity contribution in [1.29, 1.82) is 0 Å². The quantitative estimate of drug-likeness (QED) is 0.201. The van der Waals surface area contributed by atoms with Crippen LogP contribution in [0.4, 0.5) is 0 Å². The van der Waals surface area contributed by atoms with Gasteiger partial charge in [-0.15, -0.1) is 0 Å². The molecule has 200 valence electrons. The smallest absolute Gasteiger partial charge is 0.328 e. The van der Waals surface area contributed by atoms with Gasteiger partial charge in [-0.2, -0.15) is 0 Å². The maximum absolute atomic E-state index is 11.1. The van der Waals surface area contributed by atoms with Crippen molar-refractivity contribution in [3.05, 3.63) is 53.1 Å². The third-order valence-corrected chi connectivity index (χ3v) is 7.24. The minimum absolute atomic E-state index is 0.0168. The third-order valence-electron chi connectivity index (χ3n) is 7.24. The summed E-state index contributed by atoms with van der Waals surface area (Å²) < 4.78 is 17.2. The summed E-state index contributed by atoms with van der Waals surface area (Å²) in [5, 5.41) is 9.09. The first-order valence-corrected chi connectivity index (χ1v) is 13.0. The first-order chi connectivity index (χ1) is 17.4. The van der Waals surface area contributed by atoms with Crippen LogP contribution in [0.25, 0.3) is 17.2 Å². The summed E-state index contributed by atoms with van der Waals surface area (Å²) in [5.74, 6) is 0.247. The Morgan fingerprint density at radius 3 is 2.14 bits per heavy atom. The molecule has 0 saturated heterocycles. The Morgan fingerprint density at radius 1 is 0.892 bits per heavy atom. The highest BCUT2D eigenvalue weighted by molar-refractivity contribution is 5.86. The average Bonchev–Trinajstić information content (AvgIpc) is 2.84. The minimum Gasteiger partial charge on any atom is -0.496 e. The summed E-state index contributed by atoms with van der Waals surface area (Å²) >= 11 is 0. The van der Waals surface area contributed by atoms with Crippen LogP contribution in [0, 0.1) is 0 Å². The molecule has 0 amide bonds. The molecule has 2 aromatic rings. The molecule has 2 aromatic carbocycles. The van der Waals surface area contributed by atoms with E-state index in [2.05, 4.69) is 39.8 Å². The Bertz CT molecular complexity index is 1160. The number of unbranched alkanes of at least 4 members (excludes halogenated alkanes) is 2. The normalized spacial score (nSPS) is 15.7. The van der Waals surface area contributed by atoms with Crippen LogP contribution in [0.15, 0.2) is 36.4 Å². The second-order valence-corrected chi connectivity index (χ2v) is 11.0. The number of rotatable bonds is 11. The average molecular weight is 509 g/mol. The minimum atomic E-state index is -0.993. The summed E-state index contributed by atoms with van der Waals surface area (Å²) in [7, 11) is 1.64. The van der Waals surface area contributed by atoms with E-state index in [-0.39, 0.29) is 16.8 Å². The Labute approximate surface area is 220 Å². The Morgan fingerprint density at radius 2 is 1.51 bits per heavy atom. The molecule has 0 bridgehead atoms. The van der Waals surface area contributed by atoms with Gasteiger partial charge in [0.15, 0.2) is 0 Å². The van der Waals surface area contributed by atoms with Crippen molar-refractivity contribution in [2.45, 2.75) is 77.6 Å². The molecule has 1 N–H and O–H groups in total. The Hall–Kier alpha value is -3.28. The molecule has 6 nitrogen and oxygen atoms in total.